The van der Waals surface area contributed by atoms with Gasteiger partial charge in [-0.3, -0.25) is 10.1 Å². The van der Waals surface area contributed by atoms with Crippen molar-refractivity contribution in [3.8, 4) is 0 Å². The van der Waals surface area contributed by atoms with Gasteiger partial charge in [0.15, 0.2) is 5.11 Å². The van der Waals surface area contributed by atoms with Crippen LogP contribution in [0.1, 0.15) is 10.4 Å². The first kappa shape index (κ1) is 15.8. The van der Waals surface area contributed by atoms with Crippen molar-refractivity contribution in [2.24, 2.45) is 0 Å². The van der Waals surface area contributed by atoms with Crippen LogP contribution in [0.15, 0.2) is 48.7 Å². The fourth-order valence-corrected chi connectivity index (χ4v) is 2.84. The second-order valence-electron chi connectivity index (χ2n) is 4.81. The lowest BCUT2D eigenvalue weighted by Crippen LogP contribution is -2.34. The van der Waals surface area contributed by atoms with Gasteiger partial charge in [-0.05, 0) is 54.7 Å². The molecule has 0 bridgehead atoms. The minimum absolute atomic E-state index is 0.191. The monoisotopic (exact) mass is 363 g/mol. The Morgan fingerprint density at radius 3 is 2.70 bits per heavy atom. The maximum atomic E-state index is 12.2. The number of hydrogen-bond donors (Lipinski definition) is 3. The number of aromatic amines is 1. The van der Waals surface area contributed by atoms with Crippen LogP contribution in [0.4, 0.5) is 5.69 Å². The van der Waals surface area contributed by atoms with Gasteiger partial charge in [0.1, 0.15) is 0 Å². The number of aromatic nitrogens is 1. The highest BCUT2D eigenvalue weighted by molar-refractivity contribution is 7.80. The number of carbonyl (C=O) groups is 1. The van der Waals surface area contributed by atoms with Crippen molar-refractivity contribution in [3.05, 3.63) is 64.3 Å². The molecule has 1 amide bonds. The third kappa shape index (κ3) is 3.64. The summed E-state index contributed by atoms with van der Waals surface area (Å²) in [6.07, 6.45) is 1.86. The average molecular weight is 364 g/mol. The Morgan fingerprint density at radius 1 is 1.09 bits per heavy atom. The van der Waals surface area contributed by atoms with Gasteiger partial charge in [-0.2, -0.15) is 0 Å². The lowest BCUT2D eigenvalue weighted by Gasteiger charge is -2.10. The molecule has 0 aliphatic rings. The minimum Gasteiger partial charge on any atom is -0.361 e. The summed E-state index contributed by atoms with van der Waals surface area (Å²) in [4.78, 5) is 15.3. The largest absolute Gasteiger partial charge is 0.361 e. The number of nitrogens with one attached hydrogen (secondary N) is 3. The number of H-pyrrole nitrogens is 1. The van der Waals surface area contributed by atoms with Gasteiger partial charge in [-0.25, -0.2) is 0 Å². The topological polar surface area (TPSA) is 56.9 Å². The third-order valence-corrected chi connectivity index (χ3v) is 3.97. The van der Waals surface area contributed by atoms with Gasteiger partial charge in [0.2, 0.25) is 0 Å². The van der Waals surface area contributed by atoms with Crippen LogP contribution >= 0.6 is 35.4 Å². The van der Waals surface area contributed by atoms with Gasteiger partial charge < -0.3 is 10.3 Å². The Hall–Kier alpha value is -2.08. The van der Waals surface area contributed by atoms with Crippen LogP contribution in [0.3, 0.4) is 0 Å². The summed E-state index contributed by atoms with van der Waals surface area (Å²) >= 11 is 17.0. The molecule has 1 aromatic heterocycles. The Bertz CT molecular complexity index is 907. The molecule has 3 N–H and O–H groups in total. The second-order valence-corrected chi connectivity index (χ2v) is 6.06. The van der Waals surface area contributed by atoms with Gasteiger partial charge in [-0.1, -0.05) is 23.2 Å². The van der Waals surface area contributed by atoms with E-state index < -0.39 is 5.91 Å². The molecule has 0 saturated heterocycles. The normalized spacial score (nSPS) is 10.5. The predicted octanol–water partition coefficient (Wildman–Crippen LogP) is 4.60. The van der Waals surface area contributed by atoms with Crippen LogP contribution in [0, 0.1) is 0 Å². The van der Waals surface area contributed by atoms with E-state index in [1.54, 1.807) is 12.1 Å². The number of fused-ring (bicyclic) bond motifs is 1. The number of halogens is 2. The molecule has 7 heteroatoms. The molecule has 116 valence electrons. The number of thiocarbonyl (C=S) groups is 1. The van der Waals surface area contributed by atoms with Crippen LogP contribution in [-0.4, -0.2) is 16.0 Å². The lowest BCUT2D eigenvalue weighted by molar-refractivity contribution is 0.0978. The Morgan fingerprint density at radius 2 is 1.91 bits per heavy atom. The van der Waals surface area contributed by atoms with E-state index in [0.29, 0.717) is 10.6 Å². The maximum Gasteiger partial charge on any atom is 0.258 e. The first-order valence-corrected chi connectivity index (χ1v) is 7.84. The van der Waals surface area contributed by atoms with E-state index in [2.05, 4.69) is 15.6 Å². The van der Waals surface area contributed by atoms with Crippen molar-refractivity contribution >= 4 is 63.0 Å². The number of hydrogen-bond acceptors (Lipinski definition) is 2. The average Bonchev–Trinajstić information content (AvgIpc) is 2.94. The van der Waals surface area contributed by atoms with Crippen LogP contribution < -0.4 is 10.6 Å². The van der Waals surface area contributed by atoms with Crippen molar-refractivity contribution in [1.29, 1.82) is 0 Å². The molecule has 0 aliphatic carbocycles. The Labute approximate surface area is 147 Å². The molecule has 1 heterocycles. The molecule has 0 aliphatic heterocycles. The van der Waals surface area contributed by atoms with E-state index in [4.69, 9.17) is 35.4 Å². The Kier molecular flexibility index (Phi) is 4.52. The van der Waals surface area contributed by atoms with E-state index in [9.17, 15) is 4.79 Å². The van der Waals surface area contributed by atoms with Crippen molar-refractivity contribution in [1.82, 2.24) is 10.3 Å². The zero-order valence-electron chi connectivity index (χ0n) is 11.7. The molecule has 3 rings (SSSR count). The molecule has 2 aromatic carbocycles. The van der Waals surface area contributed by atoms with Crippen LogP contribution in [0.2, 0.25) is 10.0 Å². The molecule has 3 aromatic rings. The van der Waals surface area contributed by atoms with Gasteiger partial charge in [0.05, 0.1) is 10.6 Å². The van der Waals surface area contributed by atoms with E-state index >= 15 is 0 Å². The fraction of sp³-hybridized carbons (Fsp3) is 0. The number of benzene rings is 2. The minimum atomic E-state index is -0.396. The summed E-state index contributed by atoms with van der Waals surface area (Å²) in [5.74, 6) is -0.396. The van der Waals surface area contributed by atoms with Gasteiger partial charge in [-0.15, -0.1) is 0 Å². The van der Waals surface area contributed by atoms with Gasteiger partial charge >= 0.3 is 0 Å². The molecular formula is C16H11Cl2N3OS. The smallest absolute Gasteiger partial charge is 0.258 e. The third-order valence-electron chi connectivity index (χ3n) is 3.21. The molecular weight excluding hydrogens is 353 g/mol. The zero-order valence-corrected chi connectivity index (χ0v) is 14.0. The number of amides is 1. The maximum absolute atomic E-state index is 12.2. The quantitative estimate of drug-likeness (QED) is 0.583. The highest BCUT2D eigenvalue weighted by Crippen LogP contribution is 2.21. The molecule has 0 fully saturated rings. The van der Waals surface area contributed by atoms with Gasteiger partial charge in [0, 0.05) is 27.8 Å². The van der Waals surface area contributed by atoms with Crippen LogP contribution in [0.25, 0.3) is 10.9 Å². The molecule has 23 heavy (non-hydrogen) atoms. The highest BCUT2D eigenvalue weighted by atomic mass is 35.5. The number of anilines is 1. The van der Waals surface area contributed by atoms with Crippen LogP contribution in [0.5, 0.6) is 0 Å². The van der Waals surface area contributed by atoms with Crippen molar-refractivity contribution in [3.63, 3.8) is 0 Å². The SMILES string of the molecule is O=C(NC(=S)Nc1ccc2[nH]ccc2c1)c1ccc(Cl)cc1Cl. The fourth-order valence-electron chi connectivity index (χ4n) is 2.14. The van der Waals surface area contributed by atoms with Gasteiger partial charge in [0.25, 0.3) is 5.91 Å². The second kappa shape index (κ2) is 6.58. The standard InChI is InChI=1S/C16H11Cl2N3OS/c17-10-1-3-12(13(18)8-10)15(22)21-16(23)20-11-2-4-14-9(7-11)5-6-19-14/h1-8,19H,(H2,20,21,22,23). The van der Waals surface area contributed by atoms with E-state index in [1.165, 1.54) is 6.07 Å². The zero-order chi connectivity index (χ0) is 16.4. The summed E-state index contributed by atoms with van der Waals surface area (Å²) in [5, 5.41) is 7.54. The van der Waals surface area contributed by atoms with E-state index in [-0.39, 0.29) is 10.1 Å². The number of rotatable bonds is 2. The summed E-state index contributed by atoms with van der Waals surface area (Å²) in [6, 6.07) is 12.3. The lowest BCUT2D eigenvalue weighted by atomic mass is 10.2. The van der Waals surface area contributed by atoms with Crippen molar-refractivity contribution < 1.29 is 4.79 Å². The van der Waals surface area contributed by atoms with Crippen molar-refractivity contribution in [2.75, 3.05) is 5.32 Å². The molecule has 0 unspecified atom stereocenters. The van der Waals surface area contributed by atoms with E-state index in [1.807, 2.05) is 30.5 Å². The first-order chi connectivity index (χ1) is 11.0. The number of carbonyl (C=O) groups excluding carboxylic acids is 1. The first-order valence-electron chi connectivity index (χ1n) is 6.67. The predicted molar refractivity (Wildman–Crippen MR) is 98.4 cm³/mol. The molecule has 0 spiro atoms. The highest BCUT2D eigenvalue weighted by Gasteiger charge is 2.12. The van der Waals surface area contributed by atoms with Crippen molar-refractivity contribution in [2.45, 2.75) is 0 Å². The van der Waals surface area contributed by atoms with Crippen LogP contribution in [-0.2, 0) is 0 Å². The molecule has 4 nitrogen and oxygen atoms in total. The summed E-state index contributed by atoms with van der Waals surface area (Å²) < 4.78 is 0. The van der Waals surface area contributed by atoms with E-state index in [0.717, 1.165) is 16.6 Å². The molecule has 0 saturated carbocycles. The summed E-state index contributed by atoms with van der Waals surface area (Å²) in [7, 11) is 0. The molecule has 0 atom stereocenters. The summed E-state index contributed by atoms with van der Waals surface area (Å²) in [6.45, 7) is 0. The Balaban J connectivity index is 1.69. The summed E-state index contributed by atoms with van der Waals surface area (Å²) in [5.41, 5.74) is 2.12. The molecule has 0 radical (unpaired) electrons.